The van der Waals surface area contributed by atoms with Gasteiger partial charge in [0.1, 0.15) is 5.82 Å². The molecule has 0 unspecified atom stereocenters. The standard InChI is InChI=1S/C12H11FN2O3/c1-3-5-14(4-2)12(16)9-6-10(13)8-11(7-9)15(17)18/h1,6-8H,4-5H2,2H3. The highest BCUT2D eigenvalue weighted by Gasteiger charge is 2.18. The summed E-state index contributed by atoms with van der Waals surface area (Å²) in [5.74, 6) is 0.940. The maximum Gasteiger partial charge on any atom is 0.273 e. The Labute approximate surface area is 103 Å². The molecule has 1 aromatic carbocycles. The molecule has 0 spiro atoms. The number of nitro groups is 1. The molecule has 0 aliphatic rings. The number of hydrogen-bond donors (Lipinski definition) is 0. The first kappa shape index (κ1) is 13.6. The van der Waals surface area contributed by atoms with Crippen LogP contribution in [0.3, 0.4) is 0 Å². The Morgan fingerprint density at radius 1 is 1.56 bits per heavy atom. The molecule has 1 aromatic rings. The van der Waals surface area contributed by atoms with E-state index in [-0.39, 0.29) is 12.1 Å². The van der Waals surface area contributed by atoms with Crippen LogP contribution in [-0.2, 0) is 0 Å². The van der Waals surface area contributed by atoms with Gasteiger partial charge in [-0.1, -0.05) is 5.92 Å². The first-order valence-electron chi connectivity index (χ1n) is 5.17. The second kappa shape index (κ2) is 5.77. The number of halogens is 1. The number of benzene rings is 1. The van der Waals surface area contributed by atoms with E-state index in [9.17, 15) is 19.3 Å². The van der Waals surface area contributed by atoms with Crippen LogP contribution in [0.1, 0.15) is 17.3 Å². The molecule has 1 amide bonds. The highest BCUT2D eigenvalue weighted by atomic mass is 19.1. The van der Waals surface area contributed by atoms with Crippen LogP contribution < -0.4 is 0 Å². The van der Waals surface area contributed by atoms with E-state index < -0.39 is 22.3 Å². The summed E-state index contributed by atoms with van der Waals surface area (Å²) in [4.78, 5) is 23.0. The van der Waals surface area contributed by atoms with Crippen molar-refractivity contribution in [3.63, 3.8) is 0 Å². The molecule has 0 heterocycles. The summed E-state index contributed by atoms with van der Waals surface area (Å²) >= 11 is 0. The summed E-state index contributed by atoms with van der Waals surface area (Å²) in [5, 5.41) is 10.6. The van der Waals surface area contributed by atoms with E-state index in [4.69, 9.17) is 6.42 Å². The minimum Gasteiger partial charge on any atom is -0.328 e. The number of nitro benzene ring substituents is 1. The van der Waals surface area contributed by atoms with Crippen molar-refractivity contribution in [3.05, 3.63) is 39.7 Å². The maximum absolute atomic E-state index is 13.2. The molecule has 0 bridgehead atoms. The summed E-state index contributed by atoms with van der Waals surface area (Å²) in [6.07, 6.45) is 5.10. The van der Waals surface area contributed by atoms with Crippen molar-refractivity contribution in [1.82, 2.24) is 4.90 Å². The lowest BCUT2D eigenvalue weighted by molar-refractivity contribution is -0.385. The van der Waals surface area contributed by atoms with Crippen molar-refractivity contribution >= 4 is 11.6 Å². The van der Waals surface area contributed by atoms with Crippen molar-refractivity contribution < 1.29 is 14.1 Å². The Morgan fingerprint density at radius 3 is 2.72 bits per heavy atom. The zero-order valence-electron chi connectivity index (χ0n) is 9.72. The van der Waals surface area contributed by atoms with Crippen LogP contribution in [0.25, 0.3) is 0 Å². The van der Waals surface area contributed by atoms with E-state index in [1.54, 1.807) is 6.92 Å². The largest absolute Gasteiger partial charge is 0.328 e. The van der Waals surface area contributed by atoms with E-state index >= 15 is 0 Å². The van der Waals surface area contributed by atoms with Crippen LogP contribution >= 0.6 is 0 Å². The molecule has 0 N–H and O–H groups in total. The zero-order chi connectivity index (χ0) is 13.7. The van der Waals surface area contributed by atoms with Gasteiger partial charge in [-0.25, -0.2) is 4.39 Å². The topological polar surface area (TPSA) is 63.5 Å². The summed E-state index contributed by atoms with van der Waals surface area (Å²) in [7, 11) is 0. The zero-order valence-corrected chi connectivity index (χ0v) is 9.72. The lowest BCUT2D eigenvalue weighted by Crippen LogP contribution is -2.31. The first-order valence-corrected chi connectivity index (χ1v) is 5.17. The quantitative estimate of drug-likeness (QED) is 0.465. The van der Waals surface area contributed by atoms with E-state index in [0.717, 1.165) is 18.2 Å². The average Bonchev–Trinajstić information content (AvgIpc) is 2.34. The van der Waals surface area contributed by atoms with E-state index in [1.165, 1.54) is 4.90 Å². The van der Waals surface area contributed by atoms with Crippen LogP contribution in [0.15, 0.2) is 18.2 Å². The monoisotopic (exact) mass is 250 g/mol. The number of nitrogens with zero attached hydrogens (tertiary/aromatic N) is 2. The van der Waals surface area contributed by atoms with Crippen molar-refractivity contribution in [2.24, 2.45) is 0 Å². The molecule has 6 heteroatoms. The molecule has 5 nitrogen and oxygen atoms in total. The third kappa shape index (κ3) is 3.04. The van der Waals surface area contributed by atoms with Gasteiger partial charge in [-0.05, 0) is 13.0 Å². The fourth-order valence-corrected chi connectivity index (χ4v) is 1.42. The Kier molecular flexibility index (Phi) is 4.38. The Bertz CT molecular complexity index is 523. The number of amides is 1. The minimum absolute atomic E-state index is 0.0691. The van der Waals surface area contributed by atoms with Crippen molar-refractivity contribution in [2.45, 2.75) is 6.92 Å². The summed E-state index contributed by atoms with van der Waals surface area (Å²) < 4.78 is 13.2. The average molecular weight is 250 g/mol. The molecule has 94 valence electrons. The summed E-state index contributed by atoms with van der Waals surface area (Å²) in [6.45, 7) is 2.12. The fraction of sp³-hybridized carbons (Fsp3) is 0.250. The maximum atomic E-state index is 13.2. The molecule has 0 fully saturated rings. The number of carbonyl (C=O) groups excluding carboxylic acids is 1. The summed E-state index contributed by atoms with van der Waals surface area (Å²) in [6, 6.07) is 2.74. The second-order valence-electron chi connectivity index (χ2n) is 3.48. The van der Waals surface area contributed by atoms with Crippen molar-refractivity contribution in [3.8, 4) is 12.3 Å². The van der Waals surface area contributed by atoms with Gasteiger partial charge in [0.25, 0.3) is 11.6 Å². The highest BCUT2D eigenvalue weighted by Crippen LogP contribution is 2.17. The molecule has 0 atom stereocenters. The molecule has 18 heavy (non-hydrogen) atoms. The third-order valence-corrected chi connectivity index (χ3v) is 2.29. The fourth-order valence-electron chi connectivity index (χ4n) is 1.42. The number of non-ortho nitro benzene ring substituents is 1. The first-order chi connectivity index (χ1) is 8.49. The number of rotatable bonds is 4. The smallest absolute Gasteiger partial charge is 0.273 e. The van der Waals surface area contributed by atoms with Gasteiger partial charge >= 0.3 is 0 Å². The predicted molar refractivity (Wildman–Crippen MR) is 63.5 cm³/mol. The second-order valence-corrected chi connectivity index (χ2v) is 3.48. The third-order valence-electron chi connectivity index (χ3n) is 2.29. The molecular weight excluding hydrogens is 239 g/mol. The highest BCUT2D eigenvalue weighted by molar-refractivity contribution is 5.95. The number of hydrogen-bond acceptors (Lipinski definition) is 3. The van der Waals surface area contributed by atoms with Gasteiger partial charge in [0.15, 0.2) is 0 Å². The van der Waals surface area contributed by atoms with Gasteiger partial charge in [0, 0.05) is 18.2 Å². The van der Waals surface area contributed by atoms with Crippen LogP contribution in [0.4, 0.5) is 10.1 Å². The Hall–Kier alpha value is -2.42. The van der Waals surface area contributed by atoms with Crippen LogP contribution in [0.5, 0.6) is 0 Å². The molecule has 0 saturated carbocycles. The molecule has 0 radical (unpaired) electrons. The Balaban J connectivity index is 3.13. The number of terminal acetylenes is 1. The van der Waals surface area contributed by atoms with Crippen molar-refractivity contribution in [2.75, 3.05) is 13.1 Å². The molecule has 0 aromatic heterocycles. The van der Waals surface area contributed by atoms with Gasteiger partial charge in [-0.15, -0.1) is 6.42 Å². The van der Waals surface area contributed by atoms with Crippen molar-refractivity contribution in [1.29, 1.82) is 0 Å². The molecule has 0 aliphatic heterocycles. The predicted octanol–water partition coefficient (Wildman–Crippen LogP) is 1.83. The van der Waals surface area contributed by atoms with Gasteiger partial charge in [-0.3, -0.25) is 14.9 Å². The van der Waals surface area contributed by atoms with Gasteiger partial charge in [0.2, 0.25) is 0 Å². The van der Waals surface area contributed by atoms with Crippen LogP contribution in [-0.4, -0.2) is 28.8 Å². The van der Waals surface area contributed by atoms with Gasteiger partial charge < -0.3 is 4.90 Å². The minimum atomic E-state index is -0.829. The van der Waals surface area contributed by atoms with Gasteiger partial charge in [0.05, 0.1) is 17.5 Å². The lowest BCUT2D eigenvalue weighted by atomic mass is 10.1. The normalized spacial score (nSPS) is 9.61. The molecule has 1 rings (SSSR count). The summed E-state index contributed by atoms with van der Waals surface area (Å²) in [5.41, 5.74) is -0.547. The Morgan fingerprint density at radius 2 is 2.22 bits per heavy atom. The van der Waals surface area contributed by atoms with E-state index in [2.05, 4.69) is 5.92 Å². The SMILES string of the molecule is C#CCN(CC)C(=O)c1cc(F)cc([N+](=O)[O-])c1. The number of carbonyl (C=O) groups is 1. The van der Waals surface area contributed by atoms with Crippen LogP contribution in [0, 0.1) is 28.3 Å². The van der Waals surface area contributed by atoms with Crippen LogP contribution in [0.2, 0.25) is 0 Å². The molecule has 0 aliphatic carbocycles. The van der Waals surface area contributed by atoms with E-state index in [0.29, 0.717) is 6.54 Å². The van der Waals surface area contributed by atoms with Gasteiger partial charge in [-0.2, -0.15) is 0 Å². The van der Waals surface area contributed by atoms with E-state index in [1.807, 2.05) is 0 Å². The molecule has 0 saturated heterocycles. The molecular formula is C12H11FN2O3. The lowest BCUT2D eigenvalue weighted by Gasteiger charge is -2.17.